The van der Waals surface area contributed by atoms with Crippen molar-refractivity contribution in [1.29, 1.82) is 0 Å². The van der Waals surface area contributed by atoms with Crippen LogP contribution in [0.4, 0.5) is 11.4 Å². The molecule has 1 aromatic heterocycles. The number of carbonyl (C=O) groups excluding carboxylic acids is 1. The van der Waals surface area contributed by atoms with Crippen molar-refractivity contribution in [2.24, 2.45) is 0 Å². The van der Waals surface area contributed by atoms with Gasteiger partial charge in [0.1, 0.15) is 6.04 Å². The second-order valence-corrected chi connectivity index (χ2v) is 5.06. The molecular weight excluding hydrogens is 258 g/mol. The maximum absolute atomic E-state index is 12.3. The van der Waals surface area contributed by atoms with E-state index < -0.39 is 0 Å². The minimum absolute atomic E-state index is 0.101. The fourth-order valence-electron chi connectivity index (χ4n) is 2.51. The lowest BCUT2D eigenvalue weighted by atomic mass is 10.2. The molecule has 20 heavy (non-hydrogen) atoms. The number of amides is 1. The van der Waals surface area contributed by atoms with Gasteiger partial charge in [-0.05, 0) is 42.2 Å². The van der Waals surface area contributed by atoms with Gasteiger partial charge in [0, 0.05) is 13.1 Å². The van der Waals surface area contributed by atoms with Crippen molar-refractivity contribution < 1.29 is 9.42 Å². The Morgan fingerprint density at radius 3 is 2.80 bits per heavy atom. The summed E-state index contributed by atoms with van der Waals surface area (Å²) < 4.78 is 4.71. The first-order valence-corrected chi connectivity index (χ1v) is 6.73. The molecule has 1 aliphatic heterocycles. The molecule has 3 rings (SSSR count). The van der Waals surface area contributed by atoms with Crippen LogP contribution in [0.5, 0.6) is 0 Å². The van der Waals surface area contributed by atoms with Gasteiger partial charge >= 0.3 is 0 Å². The summed E-state index contributed by atoms with van der Waals surface area (Å²) >= 11 is 0. The third-order valence-corrected chi connectivity index (χ3v) is 3.61. The molecule has 106 valence electrons. The van der Waals surface area contributed by atoms with E-state index in [1.54, 1.807) is 12.1 Å². The first-order valence-electron chi connectivity index (χ1n) is 6.73. The fourth-order valence-corrected chi connectivity index (χ4v) is 2.51. The van der Waals surface area contributed by atoms with E-state index in [1.807, 2.05) is 11.8 Å². The Morgan fingerprint density at radius 1 is 1.35 bits per heavy atom. The van der Waals surface area contributed by atoms with Crippen molar-refractivity contribution in [1.82, 2.24) is 15.2 Å². The van der Waals surface area contributed by atoms with Crippen LogP contribution in [0.2, 0.25) is 0 Å². The minimum atomic E-state index is -0.323. The normalized spacial score (nSPS) is 16.6. The van der Waals surface area contributed by atoms with Gasteiger partial charge in [0.05, 0.1) is 11.4 Å². The maximum Gasteiger partial charge on any atom is 0.244 e. The molecule has 0 radical (unpaired) electrons. The smallest absolute Gasteiger partial charge is 0.244 e. The third-order valence-electron chi connectivity index (χ3n) is 3.61. The molecule has 2 heterocycles. The molecule has 1 unspecified atom stereocenters. The molecule has 0 bridgehead atoms. The molecule has 1 atom stereocenters. The van der Waals surface area contributed by atoms with Crippen molar-refractivity contribution in [3.05, 3.63) is 12.1 Å². The first kappa shape index (κ1) is 12.7. The van der Waals surface area contributed by atoms with E-state index in [4.69, 9.17) is 10.4 Å². The number of nitrogens with one attached hydrogen (secondary N) is 1. The van der Waals surface area contributed by atoms with Crippen LogP contribution in [0.25, 0.3) is 11.0 Å². The van der Waals surface area contributed by atoms with Gasteiger partial charge in [-0.3, -0.25) is 4.79 Å². The highest BCUT2D eigenvalue weighted by atomic mass is 16.6. The van der Waals surface area contributed by atoms with Crippen LogP contribution in [0.3, 0.4) is 0 Å². The van der Waals surface area contributed by atoms with Crippen LogP contribution in [-0.4, -0.2) is 40.3 Å². The molecule has 1 amide bonds. The summed E-state index contributed by atoms with van der Waals surface area (Å²) in [6.45, 7) is 3.53. The lowest BCUT2D eigenvalue weighted by molar-refractivity contribution is -0.130. The number of benzene rings is 1. The molecule has 1 saturated heterocycles. The second-order valence-electron chi connectivity index (χ2n) is 5.06. The summed E-state index contributed by atoms with van der Waals surface area (Å²) in [6.07, 6.45) is 2.16. The zero-order valence-electron chi connectivity index (χ0n) is 11.3. The van der Waals surface area contributed by atoms with Crippen LogP contribution in [0.1, 0.15) is 19.8 Å². The summed E-state index contributed by atoms with van der Waals surface area (Å²) in [4.78, 5) is 14.2. The molecule has 7 heteroatoms. The summed E-state index contributed by atoms with van der Waals surface area (Å²) in [5, 5.41) is 10.8. The van der Waals surface area contributed by atoms with E-state index in [9.17, 15) is 4.79 Å². The fraction of sp³-hybridized carbons (Fsp3) is 0.462. The van der Waals surface area contributed by atoms with Gasteiger partial charge in [-0.2, -0.15) is 0 Å². The van der Waals surface area contributed by atoms with Gasteiger partial charge in [0.25, 0.3) is 0 Å². The van der Waals surface area contributed by atoms with Crippen LogP contribution in [0, 0.1) is 0 Å². The lowest BCUT2D eigenvalue weighted by Crippen LogP contribution is -2.39. The van der Waals surface area contributed by atoms with Crippen molar-refractivity contribution >= 4 is 28.3 Å². The zero-order valence-corrected chi connectivity index (χ0v) is 11.3. The number of nitrogens with zero attached hydrogens (tertiary/aromatic N) is 3. The SMILES string of the molecule is CC(Nc1ccc(N)c2nonc12)C(=O)N1CCCC1. The van der Waals surface area contributed by atoms with E-state index in [-0.39, 0.29) is 11.9 Å². The van der Waals surface area contributed by atoms with Gasteiger partial charge in [-0.25, -0.2) is 4.63 Å². The molecular formula is C13H17N5O2. The van der Waals surface area contributed by atoms with E-state index in [1.165, 1.54) is 0 Å². The molecule has 1 aromatic carbocycles. The highest BCUT2D eigenvalue weighted by Gasteiger charge is 2.24. The van der Waals surface area contributed by atoms with Crippen LogP contribution >= 0.6 is 0 Å². The van der Waals surface area contributed by atoms with Crippen LogP contribution < -0.4 is 11.1 Å². The lowest BCUT2D eigenvalue weighted by Gasteiger charge is -2.21. The Labute approximate surface area is 116 Å². The predicted molar refractivity (Wildman–Crippen MR) is 75.1 cm³/mol. The number of hydrogen-bond acceptors (Lipinski definition) is 6. The van der Waals surface area contributed by atoms with Crippen LogP contribution in [-0.2, 0) is 4.79 Å². The quantitative estimate of drug-likeness (QED) is 0.818. The Bertz CT molecular complexity index is 633. The predicted octanol–water partition coefficient (Wildman–Crippen LogP) is 1.23. The van der Waals surface area contributed by atoms with Crippen molar-refractivity contribution in [2.75, 3.05) is 24.1 Å². The monoisotopic (exact) mass is 275 g/mol. The molecule has 1 aliphatic rings. The number of nitrogen functional groups attached to an aromatic ring is 1. The molecule has 0 spiro atoms. The summed E-state index contributed by atoms with van der Waals surface area (Å²) in [5.41, 5.74) is 8.06. The number of rotatable bonds is 3. The van der Waals surface area contributed by atoms with Crippen molar-refractivity contribution in [3.63, 3.8) is 0 Å². The molecule has 2 aromatic rings. The molecule has 7 nitrogen and oxygen atoms in total. The number of carbonyl (C=O) groups is 1. The Morgan fingerprint density at radius 2 is 2.05 bits per heavy atom. The van der Waals surface area contributed by atoms with E-state index in [0.29, 0.717) is 22.4 Å². The number of aromatic nitrogens is 2. The second kappa shape index (κ2) is 4.99. The van der Waals surface area contributed by atoms with Crippen molar-refractivity contribution in [2.45, 2.75) is 25.8 Å². The zero-order chi connectivity index (χ0) is 14.1. The van der Waals surface area contributed by atoms with Crippen LogP contribution in [0.15, 0.2) is 16.8 Å². The average Bonchev–Trinajstić information content (AvgIpc) is 3.11. The highest BCUT2D eigenvalue weighted by molar-refractivity contribution is 5.96. The number of hydrogen-bond donors (Lipinski definition) is 2. The third kappa shape index (κ3) is 2.15. The topological polar surface area (TPSA) is 97.3 Å². The largest absolute Gasteiger partial charge is 0.397 e. The molecule has 0 saturated carbocycles. The van der Waals surface area contributed by atoms with Gasteiger partial charge in [-0.1, -0.05) is 0 Å². The van der Waals surface area contributed by atoms with E-state index >= 15 is 0 Å². The van der Waals surface area contributed by atoms with Gasteiger partial charge in [-0.15, -0.1) is 0 Å². The Kier molecular flexibility index (Phi) is 3.17. The first-order chi connectivity index (χ1) is 9.66. The van der Waals surface area contributed by atoms with E-state index in [0.717, 1.165) is 25.9 Å². The van der Waals surface area contributed by atoms with E-state index in [2.05, 4.69) is 15.6 Å². The highest BCUT2D eigenvalue weighted by Crippen LogP contribution is 2.26. The van der Waals surface area contributed by atoms with Crippen molar-refractivity contribution in [3.8, 4) is 0 Å². The minimum Gasteiger partial charge on any atom is -0.397 e. The van der Waals surface area contributed by atoms with Gasteiger partial charge < -0.3 is 16.0 Å². The number of anilines is 2. The summed E-state index contributed by atoms with van der Waals surface area (Å²) in [6, 6.07) is 3.19. The average molecular weight is 275 g/mol. The molecule has 1 fully saturated rings. The summed E-state index contributed by atoms with van der Waals surface area (Å²) in [7, 11) is 0. The number of likely N-dealkylation sites (tertiary alicyclic amines) is 1. The maximum atomic E-state index is 12.3. The molecule has 3 N–H and O–H groups in total. The number of fused-ring (bicyclic) bond motifs is 1. The standard InChI is InChI=1S/C13H17N5O2/c1-8(13(19)18-6-2-3-7-18)15-10-5-4-9(14)11-12(10)17-20-16-11/h4-5,8,15H,2-3,6-7,14H2,1H3. The molecule has 0 aliphatic carbocycles. The van der Waals surface area contributed by atoms with Gasteiger partial charge in [0.2, 0.25) is 5.91 Å². The van der Waals surface area contributed by atoms with Gasteiger partial charge in [0.15, 0.2) is 11.0 Å². The Hall–Kier alpha value is -2.31. The summed E-state index contributed by atoms with van der Waals surface area (Å²) in [5.74, 6) is 0.101. The Balaban J connectivity index is 1.80. The number of nitrogens with two attached hydrogens (primary N) is 1.